The average Bonchev–Trinajstić information content (AvgIpc) is 2.79. The third-order valence-corrected chi connectivity index (χ3v) is 2.67. The molecule has 82 valence electrons. The third kappa shape index (κ3) is 2.63. The van der Waals surface area contributed by atoms with E-state index in [-0.39, 0.29) is 0 Å². The van der Waals surface area contributed by atoms with Gasteiger partial charge in [-0.2, -0.15) is 0 Å². The van der Waals surface area contributed by atoms with Crippen molar-refractivity contribution in [3.63, 3.8) is 0 Å². The van der Waals surface area contributed by atoms with E-state index in [9.17, 15) is 0 Å². The molecule has 0 bridgehead atoms. The van der Waals surface area contributed by atoms with Crippen molar-refractivity contribution in [3.05, 3.63) is 24.3 Å². The summed E-state index contributed by atoms with van der Waals surface area (Å²) >= 11 is 0. The number of nitrogens with one attached hydrogen (secondary N) is 1. The summed E-state index contributed by atoms with van der Waals surface area (Å²) in [6.07, 6.45) is 2.45. The Morgan fingerprint density at radius 3 is 2.80 bits per heavy atom. The minimum atomic E-state index is 0.495. The number of hydrogen-bond donors (Lipinski definition) is 1. The lowest BCUT2D eigenvalue weighted by Gasteiger charge is -2.14. The van der Waals surface area contributed by atoms with Crippen molar-refractivity contribution >= 4 is 0 Å². The molecule has 0 radical (unpaired) electrons. The van der Waals surface area contributed by atoms with Crippen molar-refractivity contribution in [2.45, 2.75) is 18.9 Å². The Balaban J connectivity index is 1.91. The van der Waals surface area contributed by atoms with Crippen LogP contribution in [0.25, 0.3) is 0 Å². The molecular formula is C12H17NO2. The predicted octanol–water partition coefficient (Wildman–Crippen LogP) is 1.83. The lowest BCUT2D eigenvalue weighted by Crippen LogP contribution is -2.28. The molecule has 1 fully saturated rings. The Hall–Kier alpha value is -1.22. The molecule has 1 aliphatic rings. The van der Waals surface area contributed by atoms with Crippen molar-refractivity contribution in [3.8, 4) is 11.5 Å². The largest absolute Gasteiger partial charge is 0.493 e. The van der Waals surface area contributed by atoms with Crippen LogP contribution in [0.4, 0.5) is 0 Å². The molecule has 0 aliphatic carbocycles. The predicted molar refractivity (Wildman–Crippen MR) is 59.5 cm³/mol. The van der Waals surface area contributed by atoms with Crippen molar-refractivity contribution in [2.75, 3.05) is 20.3 Å². The van der Waals surface area contributed by atoms with E-state index in [1.165, 1.54) is 12.8 Å². The van der Waals surface area contributed by atoms with E-state index < -0.39 is 0 Å². The Morgan fingerprint density at radius 1 is 1.33 bits per heavy atom. The van der Waals surface area contributed by atoms with E-state index in [1.807, 2.05) is 24.3 Å². The Kier molecular flexibility index (Phi) is 3.45. The van der Waals surface area contributed by atoms with E-state index in [0.29, 0.717) is 6.04 Å². The number of para-hydroxylation sites is 2. The maximum Gasteiger partial charge on any atom is 0.161 e. The molecule has 3 nitrogen and oxygen atoms in total. The minimum absolute atomic E-state index is 0.495. The fraction of sp³-hybridized carbons (Fsp3) is 0.500. The highest BCUT2D eigenvalue weighted by Crippen LogP contribution is 2.26. The van der Waals surface area contributed by atoms with Gasteiger partial charge in [0.1, 0.15) is 6.61 Å². The summed E-state index contributed by atoms with van der Waals surface area (Å²) in [5.41, 5.74) is 0. The molecule has 1 aromatic carbocycles. The van der Waals surface area contributed by atoms with Gasteiger partial charge in [-0.15, -0.1) is 0 Å². The fourth-order valence-electron chi connectivity index (χ4n) is 1.83. The Labute approximate surface area is 90.4 Å². The lowest BCUT2D eigenvalue weighted by molar-refractivity contribution is 0.262. The fourth-order valence-corrected chi connectivity index (χ4v) is 1.83. The highest BCUT2D eigenvalue weighted by Gasteiger charge is 2.15. The standard InChI is InChI=1S/C12H17NO2/c1-14-11-6-2-3-7-12(11)15-9-10-5-4-8-13-10/h2-3,6-7,10,13H,4-5,8-9H2,1H3/t10-/m0/s1. The number of benzene rings is 1. The second-order valence-corrected chi connectivity index (χ2v) is 3.76. The highest BCUT2D eigenvalue weighted by atomic mass is 16.5. The molecule has 1 saturated heterocycles. The van der Waals surface area contributed by atoms with E-state index in [1.54, 1.807) is 7.11 Å². The van der Waals surface area contributed by atoms with Crippen LogP contribution in [0.1, 0.15) is 12.8 Å². The van der Waals surface area contributed by atoms with Gasteiger partial charge >= 0.3 is 0 Å². The van der Waals surface area contributed by atoms with Crippen LogP contribution in [0.2, 0.25) is 0 Å². The zero-order valence-corrected chi connectivity index (χ0v) is 9.03. The molecular weight excluding hydrogens is 190 g/mol. The summed E-state index contributed by atoms with van der Waals surface area (Å²) in [5.74, 6) is 1.63. The van der Waals surface area contributed by atoms with Crippen LogP contribution in [0, 0.1) is 0 Å². The first-order valence-electron chi connectivity index (χ1n) is 5.39. The summed E-state index contributed by atoms with van der Waals surface area (Å²) in [6, 6.07) is 8.25. The van der Waals surface area contributed by atoms with Crippen LogP contribution in [0.3, 0.4) is 0 Å². The van der Waals surface area contributed by atoms with Gasteiger partial charge in [0.2, 0.25) is 0 Å². The van der Waals surface area contributed by atoms with Gasteiger partial charge in [0.05, 0.1) is 7.11 Å². The topological polar surface area (TPSA) is 30.5 Å². The van der Waals surface area contributed by atoms with Gasteiger partial charge in [0, 0.05) is 6.04 Å². The highest BCUT2D eigenvalue weighted by molar-refractivity contribution is 5.39. The summed E-state index contributed by atoms with van der Waals surface area (Å²) in [6.45, 7) is 1.83. The lowest BCUT2D eigenvalue weighted by atomic mass is 10.2. The van der Waals surface area contributed by atoms with Gasteiger partial charge in [-0.1, -0.05) is 12.1 Å². The molecule has 0 saturated carbocycles. The Bertz CT molecular complexity index is 308. The maximum absolute atomic E-state index is 5.72. The first-order chi connectivity index (χ1) is 7.40. The molecule has 3 heteroatoms. The zero-order valence-electron chi connectivity index (χ0n) is 9.03. The summed E-state index contributed by atoms with van der Waals surface area (Å²) in [4.78, 5) is 0. The molecule has 1 aromatic rings. The van der Waals surface area contributed by atoms with Gasteiger partial charge in [0.15, 0.2) is 11.5 Å². The van der Waals surface area contributed by atoms with Gasteiger partial charge < -0.3 is 14.8 Å². The first-order valence-corrected chi connectivity index (χ1v) is 5.39. The first kappa shape index (κ1) is 10.3. The van der Waals surface area contributed by atoms with Crippen molar-refractivity contribution in [1.29, 1.82) is 0 Å². The molecule has 1 atom stereocenters. The molecule has 2 rings (SSSR count). The maximum atomic E-state index is 5.72. The van der Waals surface area contributed by atoms with Crippen molar-refractivity contribution < 1.29 is 9.47 Å². The van der Waals surface area contributed by atoms with Gasteiger partial charge in [-0.3, -0.25) is 0 Å². The summed E-state index contributed by atoms with van der Waals surface area (Å²) in [7, 11) is 1.66. The van der Waals surface area contributed by atoms with Crippen molar-refractivity contribution in [2.24, 2.45) is 0 Å². The second kappa shape index (κ2) is 5.03. The number of ether oxygens (including phenoxy) is 2. The SMILES string of the molecule is COc1ccccc1OC[C@@H]1CCCN1. The van der Waals surface area contributed by atoms with E-state index >= 15 is 0 Å². The van der Waals surface area contributed by atoms with Crippen LogP contribution < -0.4 is 14.8 Å². The van der Waals surface area contributed by atoms with Gasteiger partial charge in [0.25, 0.3) is 0 Å². The van der Waals surface area contributed by atoms with Gasteiger partial charge in [-0.05, 0) is 31.5 Å². The number of hydrogen-bond acceptors (Lipinski definition) is 3. The van der Waals surface area contributed by atoms with E-state index in [2.05, 4.69) is 5.32 Å². The molecule has 15 heavy (non-hydrogen) atoms. The van der Waals surface area contributed by atoms with E-state index in [0.717, 1.165) is 24.7 Å². The van der Waals surface area contributed by atoms with Crippen molar-refractivity contribution in [1.82, 2.24) is 5.32 Å². The van der Waals surface area contributed by atoms with Crippen LogP contribution in [-0.4, -0.2) is 26.3 Å². The Morgan fingerprint density at radius 2 is 2.13 bits per heavy atom. The summed E-state index contributed by atoms with van der Waals surface area (Å²) in [5, 5.41) is 3.40. The number of rotatable bonds is 4. The summed E-state index contributed by atoms with van der Waals surface area (Å²) < 4.78 is 10.9. The quantitative estimate of drug-likeness (QED) is 0.817. The van der Waals surface area contributed by atoms with E-state index in [4.69, 9.17) is 9.47 Å². The number of methoxy groups -OCH3 is 1. The monoisotopic (exact) mass is 207 g/mol. The molecule has 0 aromatic heterocycles. The zero-order chi connectivity index (χ0) is 10.5. The van der Waals surface area contributed by atoms with Crippen LogP contribution in [-0.2, 0) is 0 Å². The molecule has 1 aliphatic heterocycles. The average molecular weight is 207 g/mol. The molecule has 0 unspecified atom stereocenters. The molecule has 0 spiro atoms. The minimum Gasteiger partial charge on any atom is -0.493 e. The molecule has 1 heterocycles. The van der Waals surface area contributed by atoms with Crippen LogP contribution >= 0.6 is 0 Å². The third-order valence-electron chi connectivity index (χ3n) is 2.67. The van der Waals surface area contributed by atoms with Crippen LogP contribution in [0.15, 0.2) is 24.3 Å². The smallest absolute Gasteiger partial charge is 0.161 e. The van der Waals surface area contributed by atoms with Crippen LogP contribution in [0.5, 0.6) is 11.5 Å². The second-order valence-electron chi connectivity index (χ2n) is 3.76. The van der Waals surface area contributed by atoms with Gasteiger partial charge in [-0.25, -0.2) is 0 Å². The molecule has 1 N–H and O–H groups in total. The molecule has 0 amide bonds. The normalized spacial score (nSPS) is 20.2.